The number of hydrogen-bond acceptors (Lipinski definition) is 4. The summed E-state index contributed by atoms with van der Waals surface area (Å²) in [5.41, 5.74) is -5.54. The van der Waals surface area contributed by atoms with Gasteiger partial charge in [0.2, 0.25) is 0 Å². The summed E-state index contributed by atoms with van der Waals surface area (Å²) in [4.78, 5) is 0. The summed E-state index contributed by atoms with van der Waals surface area (Å²) in [5.74, 6) is 0. The van der Waals surface area contributed by atoms with Gasteiger partial charge in [-0.15, -0.1) is 0 Å². The van der Waals surface area contributed by atoms with Gasteiger partial charge in [0.1, 0.15) is 0 Å². The molecule has 0 saturated carbocycles. The molecule has 0 bridgehead atoms. The van der Waals surface area contributed by atoms with Crippen LogP contribution in [0.25, 0.3) is 0 Å². The Balaban J connectivity index is 2.58. The van der Waals surface area contributed by atoms with Crippen LogP contribution in [-0.2, 0) is 14.4 Å². The number of unbranched alkanes of at least 4 members (excludes halogenated alkanes) is 1. The SMILES string of the molecule is CCCCC1(C)CCN(OS(=O)(=O)C(F)(F)F)C1. The van der Waals surface area contributed by atoms with Crippen LogP contribution in [0, 0.1) is 5.41 Å². The van der Waals surface area contributed by atoms with Gasteiger partial charge in [-0.2, -0.15) is 30.9 Å². The molecule has 0 aromatic heterocycles. The van der Waals surface area contributed by atoms with E-state index in [-0.39, 0.29) is 18.5 Å². The first kappa shape index (κ1) is 15.7. The standard InChI is InChI=1S/C10H18F3NO3S/c1-3-4-5-9(2)6-7-14(8-9)17-18(15,16)10(11,12)13/h3-8H2,1-2H3. The maximum Gasteiger partial charge on any atom is 0.524 e. The van der Waals surface area contributed by atoms with Crippen molar-refractivity contribution < 1.29 is 25.9 Å². The van der Waals surface area contributed by atoms with Crippen LogP contribution in [0.2, 0.25) is 0 Å². The summed E-state index contributed by atoms with van der Waals surface area (Å²) in [6, 6.07) is 0. The lowest BCUT2D eigenvalue weighted by molar-refractivity contribution is -0.0951. The van der Waals surface area contributed by atoms with E-state index in [0.29, 0.717) is 6.42 Å². The van der Waals surface area contributed by atoms with E-state index in [0.717, 1.165) is 24.3 Å². The maximum absolute atomic E-state index is 12.1. The monoisotopic (exact) mass is 289 g/mol. The van der Waals surface area contributed by atoms with E-state index >= 15 is 0 Å². The van der Waals surface area contributed by atoms with E-state index in [2.05, 4.69) is 4.28 Å². The van der Waals surface area contributed by atoms with Gasteiger partial charge < -0.3 is 0 Å². The number of hydroxylamine groups is 2. The van der Waals surface area contributed by atoms with Crippen molar-refractivity contribution in [2.24, 2.45) is 5.41 Å². The molecule has 0 spiro atoms. The smallest absolute Gasteiger partial charge is 0.188 e. The highest BCUT2D eigenvalue weighted by Gasteiger charge is 2.50. The summed E-state index contributed by atoms with van der Waals surface area (Å²) < 4.78 is 62.2. The molecule has 108 valence electrons. The molecular weight excluding hydrogens is 271 g/mol. The number of nitrogens with zero attached hydrogens (tertiary/aromatic N) is 1. The summed E-state index contributed by atoms with van der Waals surface area (Å²) >= 11 is 0. The molecule has 1 unspecified atom stereocenters. The highest BCUT2D eigenvalue weighted by molar-refractivity contribution is 7.87. The van der Waals surface area contributed by atoms with E-state index in [1.54, 1.807) is 0 Å². The van der Waals surface area contributed by atoms with E-state index in [4.69, 9.17) is 0 Å². The molecule has 1 saturated heterocycles. The minimum atomic E-state index is -5.53. The quantitative estimate of drug-likeness (QED) is 0.730. The lowest BCUT2D eigenvalue weighted by Gasteiger charge is -2.23. The van der Waals surface area contributed by atoms with Crippen molar-refractivity contribution in [3.8, 4) is 0 Å². The highest BCUT2D eigenvalue weighted by atomic mass is 32.2. The van der Waals surface area contributed by atoms with Crippen molar-refractivity contribution in [1.82, 2.24) is 5.06 Å². The van der Waals surface area contributed by atoms with Gasteiger partial charge in [0.05, 0.1) is 0 Å². The van der Waals surface area contributed by atoms with Crippen LogP contribution in [0.3, 0.4) is 0 Å². The van der Waals surface area contributed by atoms with E-state index in [9.17, 15) is 21.6 Å². The first-order valence-corrected chi connectivity index (χ1v) is 7.26. The van der Waals surface area contributed by atoms with E-state index in [1.807, 2.05) is 13.8 Å². The zero-order chi connectivity index (χ0) is 14.0. The van der Waals surface area contributed by atoms with Gasteiger partial charge in [-0.05, 0) is 18.3 Å². The molecule has 4 nitrogen and oxygen atoms in total. The molecule has 1 aliphatic rings. The van der Waals surface area contributed by atoms with Crippen molar-refractivity contribution in [2.75, 3.05) is 13.1 Å². The number of halogens is 3. The zero-order valence-corrected chi connectivity index (χ0v) is 11.3. The molecule has 0 aromatic rings. The lowest BCUT2D eigenvalue weighted by atomic mass is 9.84. The fourth-order valence-electron chi connectivity index (χ4n) is 2.03. The van der Waals surface area contributed by atoms with Crippen LogP contribution in [0.1, 0.15) is 39.5 Å². The van der Waals surface area contributed by atoms with Gasteiger partial charge in [-0.25, -0.2) is 0 Å². The Kier molecular flexibility index (Phi) is 4.66. The average Bonchev–Trinajstić information content (AvgIpc) is 2.55. The molecule has 1 heterocycles. The van der Waals surface area contributed by atoms with Gasteiger partial charge in [-0.1, -0.05) is 26.7 Å². The van der Waals surface area contributed by atoms with Gasteiger partial charge in [0.15, 0.2) is 0 Å². The molecule has 0 aromatic carbocycles. The van der Waals surface area contributed by atoms with Crippen molar-refractivity contribution in [3.63, 3.8) is 0 Å². The summed E-state index contributed by atoms with van der Waals surface area (Å²) in [6.07, 6.45) is 3.46. The number of alkyl halides is 3. The van der Waals surface area contributed by atoms with Gasteiger partial charge in [0, 0.05) is 13.1 Å². The lowest BCUT2D eigenvalue weighted by Crippen LogP contribution is -2.34. The molecule has 0 aliphatic carbocycles. The van der Waals surface area contributed by atoms with Crippen LogP contribution in [0.5, 0.6) is 0 Å². The first-order chi connectivity index (χ1) is 8.10. The van der Waals surface area contributed by atoms with Gasteiger partial charge in [0.25, 0.3) is 0 Å². The number of rotatable bonds is 5. The summed E-state index contributed by atoms with van der Waals surface area (Å²) in [6.45, 7) is 4.38. The van der Waals surface area contributed by atoms with Crippen molar-refractivity contribution >= 4 is 10.1 Å². The largest absolute Gasteiger partial charge is 0.524 e. The molecule has 8 heteroatoms. The summed E-state index contributed by atoms with van der Waals surface area (Å²) in [7, 11) is -5.53. The molecular formula is C10H18F3NO3S. The minimum Gasteiger partial charge on any atom is -0.188 e. The third-order valence-corrected chi connectivity index (χ3v) is 4.12. The molecule has 0 N–H and O–H groups in total. The Hall–Kier alpha value is -0.340. The van der Waals surface area contributed by atoms with Crippen LogP contribution in [-0.4, -0.2) is 32.1 Å². The highest BCUT2D eigenvalue weighted by Crippen LogP contribution is 2.36. The molecule has 1 rings (SSSR count). The third kappa shape index (κ3) is 3.83. The average molecular weight is 289 g/mol. The van der Waals surface area contributed by atoms with E-state index in [1.165, 1.54) is 0 Å². The Morgan fingerprint density at radius 3 is 2.50 bits per heavy atom. The number of hydrogen-bond donors (Lipinski definition) is 0. The molecule has 1 aliphatic heterocycles. The van der Waals surface area contributed by atoms with Crippen LogP contribution >= 0.6 is 0 Å². The second-order valence-electron chi connectivity index (χ2n) is 5.00. The second-order valence-corrected chi connectivity index (χ2v) is 6.52. The predicted molar refractivity (Wildman–Crippen MR) is 59.9 cm³/mol. The second kappa shape index (κ2) is 5.34. The van der Waals surface area contributed by atoms with Crippen LogP contribution in [0.4, 0.5) is 13.2 Å². The fraction of sp³-hybridized carbons (Fsp3) is 1.00. The minimum absolute atomic E-state index is 0.170. The predicted octanol–water partition coefficient (Wildman–Crippen LogP) is 2.67. The Bertz CT molecular complexity index is 382. The van der Waals surface area contributed by atoms with Crippen LogP contribution in [0.15, 0.2) is 0 Å². The van der Waals surface area contributed by atoms with E-state index < -0.39 is 15.6 Å². The van der Waals surface area contributed by atoms with Crippen molar-refractivity contribution in [3.05, 3.63) is 0 Å². The van der Waals surface area contributed by atoms with Gasteiger partial charge in [-0.3, -0.25) is 0 Å². The Morgan fingerprint density at radius 1 is 1.39 bits per heavy atom. The molecule has 1 atom stereocenters. The fourth-order valence-corrected chi connectivity index (χ4v) is 2.52. The third-order valence-electron chi connectivity index (χ3n) is 3.14. The Labute approximate surface area is 105 Å². The normalized spacial score (nSPS) is 26.7. The summed E-state index contributed by atoms with van der Waals surface area (Å²) in [5, 5.41) is 0.901. The molecule has 1 fully saturated rings. The maximum atomic E-state index is 12.1. The first-order valence-electron chi connectivity index (χ1n) is 5.85. The molecule has 0 radical (unpaired) electrons. The van der Waals surface area contributed by atoms with Crippen molar-refractivity contribution in [2.45, 2.75) is 45.0 Å². The van der Waals surface area contributed by atoms with Crippen molar-refractivity contribution in [1.29, 1.82) is 0 Å². The zero-order valence-electron chi connectivity index (χ0n) is 10.5. The topological polar surface area (TPSA) is 46.6 Å². The molecule has 18 heavy (non-hydrogen) atoms. The van der Waals surface area contributed by atoms with Crippen LogP contribution < -0.4 is 0 Å². The van der Waals surface area contributed by atoms with Gasteiger partial charge >= 0.3 is 15.6 Å². The molecule has 0 amide bonds. The Morgan fingerprint density at radius 2 is 2.00 bits per heavy atom.